The lowest BCUT2D eigenvalue weighted by molar-refractivity contribution is 0.501. The Hall–Kier alpha value is -2.15. The molecule has 0 aliphatic rings. The third-order valence-corrected chi connectivity index (χ3v) is 3.00. The summed E-state index contributed by atoms with van der Waals surface area (Å²) in [5.41, 5.74) is 3.54. The highest BCUT2D eigenvalue weighted by Gasteiger charge is 2.25. The van der Waals surface area contributed by atoms with Gasteiger partial charge in [0, 0.05) is 5.41 Å². The van der Waals surface area contributed by atoms with Crippen LogP contribution in [0.1, 0.15) is 43.3 Å². The first kappa shape index (κ1) is 13.3. The van der Waals surface area contributed by atoms with E-state index >= 15 is 0 Å². The summed E-state index contributed by atoms with van der Waals surface area (Å²) in [5.74, 6) is 0. The Labute approximate surface area is 113 Å². The number of aromatic nitrogens is 3. The van der Waals surface area contributed by atoms with Crippen LogP contribution in [0, 0.1) is 18.3 Å². The number of hydrogen-bond acceptors (Lipinski definition) is 3. The fourth-order valence-corrected chi connectivity index (χ4v) is 2.11. The molecule has 1 aromatic heterocycles. The SMILES string of the molecule is Cc1ccc(Cn2nnc(C#N)c2C(C)(C)C)cc1. The van der Waals surface area contributed by atoms with Gasteiger partial charge in [0.1, 0.15) is 6.07 Å². The lowest BCUT2D eigenvalue weighted by Gasteiger charge is -2.19. The van der Waals surface area contributed by atoms with Crippen molar-refractivity contribution in [2.24, 2.45) is 0 Å². The number of hydrogen-bond donors (Lipinski definition) is 0. The third-order valence-electron chi connectivity index (χ3n) is 3.00. The van der Waals surface area contributed by atoms with Crippen molar-refractivity contribution in [1.29, 1.82) is 5.26 Å². The quantitative estimate of drug-likeness (QED) is 0.828. The molecule has 0 radical (unpaired) electrons. The summed E-state index contributed by atoms with van der Waals surface area (Å²) in [4.78, 5) is 0. The van der Waals surface area contributed by atoms with Gasteiger partial charge in [-0.25, -0.2) is 4.68 Å². The predicted octanol–water partition coefficient (Wildman–Crippen LogP) is 2.80. The van der Waals surface area contributed by atoms with Gasteiger partial charge in [-0.2, -0.15) is 5.26 Å². The van der Waals surface area contributed by atoms with Gasteiger partial charge in [0.25, 0.3) is 0 Å². The molecule has 0 bridgehead atoms. The van der Waals surface area contributed by atoms with Crippen molar-refractivity contribution < 1.29 is 0 Å². The maximum Gasteiger partial charge on any atom is 0.186 e. The zero-order valence-corrected chi connectivity index (χ0v) is 11.8. The standard InChI is InChI=1S/C15H18N4/c1-11-5-7-12(8-6-11)10-19-14(15(2,3)4)13(9-16)17-18-19/h5-8H,10H2,1-4H3. The van der Waals surface area contributed by atoms with E-state index in [9.17, 15) is 0 Å². The average molecular weight is 254 g/mol. The molecule has 0 aliphatic heterocycles. The van der Waals surface area contributed by atoms with E-state index in [0.29, 0.717) is 12.2 Å². The molecule has 0 amide bonds. The first-order chi connectivity index (χ1) is 8.91. The Morgan fingerprint density at radius 2 is 1.84 bits per heavy atom. The molecule has 0 N–H and O–H groups in total. The minimum absolute atomic E-state index is 0.154. The molecule has 2 rings (SSSR count). The molecule has 4 nitrogen and oxygen atoms in total. The van der Waals surface area contributed by atoms with Gasteiger partial charge >= 0.3 is 0 Å². The molecule has 0 aliphatic carbocycles. The van der Waals surface area contributed by atoms with Crippen LogP contribution in [0.2, 0.25) is 0 Å². The molecule has 0 spiro atoms. The molecular weight excluding hydrogens is 236 g/mol. The van der Waals surface area contributed by atoms with Gasteiger partial charge in [-0.1, -0.05) is 55.8 Å². The second kappa shape index (κ2) is 4.85. The summed E-state index contributed by atoms with van der Waals surface area (Å²) in [6.45, 7) is 8.91. The number of rotatable bonds is 2. The molecule has 4 heteroatoms. The van der Waals surface area contributed by atoms with Gasteiger partial charge < -0.3 is 0 Å². The lowest BCUT2D eigenvalue weighted by atomic mass is 9.90. The smallest absolute Gasteiger partial charge is 0.186 e. The first-order valence-corrected chi connectivity index (χ1v) is 6.31. The topological polar surface area (TPSA) is 54.5 Å². The fourth-order valence-electron chi connectivity index (χ4n) is 2.11. The van der Waals surface area contributed by atoms with Gasteiger partial charge in [0.05, 0.1) is 12.2 Å². The highest BCUT2D eigenvalue weighted by Crippen LogP contribution is 2.24. The van der Waals surface area contributed by atoms with Crippen LogP contribution in [0.15, 0.2) is 24.3 Å². The van der Waals surface area contributed by atoms with E-state index in [1.165, 1.54) is 5.56 Å². The molecule has 1 aromatic carbocycles. The molecule has 0 saturated heterocycles. The van der Waals surface area contributed by atoms with Crippen LogP contribution >= 0.6 is 0 Å². The molecule has 0 saturated carbocycles. The van der Waals surface area contributed by atoms with E-state index in [1.807, 2.05) is 4.68 Å². The van der Waals surface area contributed by atoms with Crippen LogP contribution in [-0.4, -0.2) is 15.0 Å². The molecule has 98 valence electrons. The summed E-state index contributed by atoms with van der Waals surface area (Å²) in [5, 5.41) is 17.2. The van der Waals surface area contributed by atoms with Crippen molar-refractivity contribution >= 4 is 0 Å². The Kier molecular flexibility index (Phi) is 3.39. The van der Waals surface area contributed by atoms with E-state index in [0.717, 1.165) is 11.3 Å². The minimum Gasteiger partial charge on any atom is -0.243 e. The van der Waals surface area contributed by atoms with Crippen LogP contribution < -0.4 is 0 Å². The summed E-state index contributed by atoms with van der Waals surface area (Å²) >= 11 is 0. The monoisotopic (exact) mass is 254 g/mol. The van der Waals surface area contributed by atoms with E-state index < -0.39 is 0 Å². The molecule has 0 atom stereocenters. The highest BCUT2D eigenvalue weighted by atomic mass is 15.4. The van der Waals surface area contributed by atoms with Crippen molar-refractivity contribution in [1.82, 2.24) is 15.0 Å². The van der Waals surface area contributed by atoms with Gasteiger partial charge in [-0.3, -0.25) is 0 Å². The average Bonchev–Trinajstić information content (AvgIpc) is 2.75. The molecule has 2 aromatic rings. The number of nitriles is 1. The Morgan fingerprint density at radius 3 is 2.37 bits per heavy atom. The largest absolute Gasteiger partial charge is 0.243 e. The number of nitrogens with zero attached hydrogens (tertiary/aromatic N) is 4. The second-order valence-electron chi connectivity index (χ2n) is 5.79. The van der Waals surface area contributed by atoms with Crippen molar-refractivity contribution in [3.63, 3.8) is 0 Å². The molecule has 0 fully saturated rings. The molecular formula is C15H18N4. The minimum atomic E-state index is -0.154. The van der Waals surface area contributed by atoms with Gasteiger partial charge in [0.2, 0.25) is 0 Å². The Balaban J connectivity index is 2.39. The van der Waals surface area contributed by atoms with Gasteiger partial charge in [0.15, 0.2) is 5.69 Å². The van der Waals surface area contributed by atoms with Crippen LogP contribution in [0.25, 0.3) is 0 Å². The van der Waals surface area contributed by atoms with Gasteiger partial charge in [-0.05, 0) is 12.5 Å². The van der Waals surface area contributed by atoms with E-state index in [4.69, 9.17) is 5.26 Å². The van der Waals surface area contributed by atoms with Crippen LogP contribution in [0.5, 0.6) is 0 Å². The number of aryl methyl sites for hydroxylation is 1. The van der Waals surface area contributed by atoms with E-state index in [-0.39, 0.29) is 5.41 Å². The molecule has 0 unspecified atom stereocenters. The van der Waals surface area contributed by atoms with Crippen molar-refractivity contribution in [2.45, 2.75) is 39.7 Å². The summed E-state index contributed by atoms with van der Waals surface area (Å²) < 4.78 is 1.82. The molecule has 1 heterocycles. The van der Waals surface area contributed by atoms with Crippen molar-refractivity contribution in [3.05, 3.63) is 46.8 Å². The van der Waals surface area contributed by atoms with E-state index in [1.54, 1.807) is 0 Å². The second-order valence-corrected chi connectivity index (χ2v) is 5.79. The van der Waals surface area contributed by atoms with Crippen LogP contribution in [0.3, 0.4) is 0 Å². The summed E-state index contributed by atoms with van der Waals surface area (Å²) in [6, 6.07) is 10.4. The zero-order chi connectivity index (χ0) is 14.0. The third kappa shape index (κ3) is 2.82. The Bertz CT molecular complexity index is 609. The van der Waals surface area contributed by atoms with Crippen LogP contribution in [-0.2, 0) is 12.0 Å². The Morgan fingerprint density at radius 1 is 1.21 bits per heavy atom. The van der Waals surface area contributed by atoms with E-state index in [2.05, 4.69) is 68.3 Å². The van der Waals surface area contributed by atoms with Crippen LogP contribution in [0.4, 0.5) is 0 Å². The zero-order valence-electron chi connectivity index (χ0n) is 11.8. The maximum absolute atomic E-state index is 9.13. The normalized spacial score (nSPS) is 11.3. The number of benzene rings is 1. The first-order valence-electron chi connectivity index (χ1n) is 6.31. The highest BCUT2D eigenvalue weighted by molar-refractivity contribution is 5.31. The predicted molar refractivity (Wildman–Crippen MR) is 73.7 cm³/mol. The molecule has 19 heavy (non-hydrogen) atoms. The summed E-state index contributed by atoms with van der Waals surface area (Å²) in [6.07, 6.45) is 0. The van der Waals surface area contributed by atoms with Crippen molar-refractivity contribution in [2.75, 3.05) is 0 Å². The lowest BCUT2D eigenvalue weighted by Crippen LogP contribution is -2.20. The summed E-state index contributed by atoms with van der Waals surface area (Å²) in [7, 11) is 0. The maximum atomic E-state index is 9.13. The fraction of sp³-hybridized carbons (Fsp3) is 0.400. The van der Waals surface area contributed by atoms with Gasteiger partial charge in [-0.15, -0.1) is 5.10 Å². The van der Waals surface area contributed by atoms with Crippen molar-refractivity contribution in [3.8, 4) is 6.07 Å².